The molecule has 32 heavy (non-hydrogen) atoms. The summed E-state index contributed by atoms with van der Waals surface area (Å²) in [6.07, 6.45) is 5.34. The van der Waals surface area contributed by atoms with Gasteiger partial charge in [0, 0.05) is 23.7 Å². The van der Waals surface area contributed by atoms with Crippen molar-refractivity contribution in [1.82, 2.24) is 4.90 Å². The Balaban J connectivity index is 1.84. The van der Waals surface area contributed by atoms with E-state index in [0.29, 0.717) is 11.4 Å². The van der Waals surface area contributed by atoms with E-state index in [1.54, 1.807) is 29.3 Å². The molecule has 0 fully saturated rings. The normalized spacial score (nSPS) is 15.1. The highest BCUT2D eigenvalue weighted by molar-refractivity contribution is 5.97. The summed E-state index contributed by atoms with van der Waals surface area (Å²) in [6, 6.07) is 14.7. The van der Waals surface area contributed by atoms with Crippen LogP contribution in [0.3, 0.4) is 0 Å². The minimum atomic E-state index is -0.991. The molecule has 0 bridgehead atoms. The molecule has 2 aromatic carbocycles. The third-order valence-electron chi connectivity index (χ3n) is 5.39. The number of amides is 1. The number of hydrogen-bond acceptors (Lipinski definition) is 3. The summed E-state index contributed by atoms with van der Waals surface area (Å²) in [7, 11) is 0. The van der Waals surface area contributed by atoms with Gasteiger partial charge in [-0.05, 0) is 62.1 Å². The van der Waals surface area contributed by atoms with E-state index in [4.69, 9.17) is 0 Å². The molecule has 1 amide bonds. The smallest absolute Gasteiger partial charge is 0.337 e. The molecule has 1 aliphatic heterocycles. The van der Waals surface area contributed by atoms with Crippen LogP contribution in [0.4, 0.5) is 5.69 Å². The molecule has 5 heteroatoms. The molecule has 1 aliphatic rings. The number of hydrogen-bond donors (Lipinski definition) is 2. The first kappa shape index (κ1) is 22.8. The summed E-state index contributed by atoms with van der Waals surface area (Å²) in [4.78, 5) is 26.3. The van der Waals surface area contributed by atoms with E-state index in [1.165, 1.54) is 0 Å². The van der Waals surface area contributed by atoms with Crippen molar-refractivity contribution >= 4 is 23.1 Å². The number of carbonyl (C=O) groups is 2. The van der Waals surface area contributed by atoms with Crippen molar-refractivity contribution in [2.45, 2.75) is 33.7 Å². The first-order valence-corrected chi connectivity index (χ1v) is 10.4. The van der Waals surface area contributed by atoms with Crippen LogP contribution in [0, 0.1) is 6.92 Å². The summed E-state index contributed by atoms with van der Waals surface area (Å²) in [6.45, 7) is 11.8. The number of anilines is 1. The molecule has 164 valence electrons. The number of carbonyl (C=O) groups excluding carboxylic acids is 1. The number of allylic oxidation sites excluding steroid dienone is 3. The Hall–Kier alpha value is -3.86. The zero-order valence-electron chi connectivity index (χ0n) is 18.8. The molecule has 0 aromatic heterocycles. The number of aryl methyl sites for hydroxylation is 1. The Bertz CT molecular complexity index is 1160. The number of benzene rings is 2. The monoisotopic (exact) mass is 428 g/mol. The highest BCUT2D eigenvalue weighted by Crippen LogP contribution is 2.29. The Labute approximate surface area is 189 Å². The number of nitrogens with one attached hydrogen (secondary N) is 1. The predicted molar refractivity (Wildman–Crippen MR) is 129 cm³/mol. The second kappa shape index (κ2) is 9.52. The lowest BCUT2D eigenvalue weighted by molar-refractivity contribution is -0.122. The number of nitrogens with zero attached hydrogens (tertiary/aromatic N) is 1. The highest BCUT2D eigenvalue weighted by Gasteiger charge is 2.24. The number of carboxylic acids is 1. The van der Waals surface area contributed by atoms with Crippen molar-refractivity contribution in [3.8, 4) is 0 Å². The van der Waals surface area contributed by atoms with Gasteiger partial charge in [-0.1, -0.05) is 54.6 Å². The standard InChI is InChI=1S/C27H28N2O3/c1-17-11-12-25(24(13-17)27(31)32)28-20(4)23-14-18(2)16-29(21(23)5)26(30)15-19(3)22-9-7-6-8-10-22/h6-16,20,28H,5H2,1-4H3,(H,31,32)/b19-15+. The predicted octanol–water partition coefficient (Wildman–Crippen LogP) is 5.78. The third-order valence-corrected chi connectivity index (χ3v) is 5.39. The summed E-state index contributed by atoms with van der Waals surface area (Å²) in [5, 5.41) is 12.8. The maximum Gasteiger partial charge on any atom is 0.337 e. The van der Waals surface area contributed by atoms with Crippen molar-refractivity contribution in [3.63, 3.8) is 0 Å². The van der Waals surface area contributed by atoms with E-state index in [1.807, 2.05) is 70.2 Å². The second-order valence-corrected chi connectivity index (χ2v) is 8.04. The van der Waals surface area contributed by atoms with Crippen LogP contribution in [0.2, 0.25) is 0 Å². The topological polar surface area (TPSA) is 69.6 Å². The Morgan fingerprint density at radius 1 is 1.12 bits per heavy atom. The maximum atomic E-state index is 13.1. The van der Waals surface area contributed by atoms with E-state index in [0.717, 1.165) is 27.8 Å². The van der Waals surface area contributed by atoms with Crippen LogP contribution in [0.1, 0.15) is 42.3 Å². The van der Waals surface area contributed by atoms with E-state index >= 15 is 0 Å². The molecule has 2 N–H and O–H groups in total. The van der Waals surface area contributed by atoms with Crippen LogP contribution < -0.4 is 5.32 Å². The average molecular weight is 429 g/mol. The van der Waals surface area contributed by atoms with Gasteiger partial charge in [-0.3, -0.25) is 9.69 Å². The summed E-state index contributed by atoms with van der Waals surface area (Å²) in [5.41, 5.74) is 5.73. The van der Waals surface area contributed by atoms with Crippen molar-refractivity contribution in [2.75, 3.05) is 5.32 Å². The molecule has 0 saturated carbocycles. The maximum absolute atomic E-state index is 13.1. The van der Waals surface area contributed by atoms with E-state index < -0.39 is 5.97 Å². The molecular weight excluding hydrogens is 400 g/mol. The second-order valence-electron chi connectivity index (χ2n) is 8.04. The van der Waals surface area contributed by atoms with Gasteiger partial charge < -0.3 is 10.4 Å². The largest absolute Gasteiger partial charge is 0.478 e. The molecule has 1 atom stereocenters. The molecule has 0 radical (unpaired) electrons. The van der Waals surface area contributed by atoms with Crippen LogP contribution in [0.25, 0.3) is 5.57 Å². The van der Waals surface area contributed by atoms with Gasteiger partial charge >= 0.3 is 5.97 Å². The van der Waals surface area contributed by atoms with Crippen LogP contribution in [-0.4, -0.2) is 27.9 Å². The van der Waals surface area contributed by atoms with Crippen molar-refractivity contribution < 1.29 is 14.7 Å². The first-order chi connectivity index (χ1) is 15.2. The lowest BCUT2D eigenvalue weighted by Crippen LogP contribution is -2.32. The van der Waals surface area contributed by atoms with Gasteiger partial charge in [0.2, 0.25) is 0 Å². The molecule has 5 nitrogen and oxygen atoms in total. The molecule has 3 rings (SSSR count). The van der Waals surface area contributed by atoms with Crippen LogP contribution in [-0.2, 0) is 4.79 Å². The fourth-order valence-corrected chi connectivity index (χ4v) is 3.67. The lowest BCUT2D eigenvalue weighted by Gasteiger charge is -2.30. The minimum absolute atomic E-state index is 0.185. The van der Waals surface area contributed by atoms with Gasteiger partial charge in [0.15, 0.2) is 0 Å². The Morgan fingerprint density at radius 2 is 1.81 bits per heavy atom. The Morgan fingerprint density at radius 3 is 2.47 bits per heavy atom. The Kier molecular flexibility index (Phi) is 6.79. The van der Waals surface area contributed by atoms with Crippen LogP contribution in [0.15, 0.2) is 90.3 Å². The molecule has 2 aromatic rings. The van der Waals surface area contributed by atoms with E-state index in [-0.39, 0.29) is 17.5 Å². The number of carboxylic acid groups (broad SMARTS) is 1. The van der Waals surface area contributed by atoms with Gasteiger partial charge in [0.05, 0.1) is 11.6 Å². The first-order valence-electron chi connectivity index (χ1n) is 10.4. The van der Waals surface area contributed by atoms with Gasteiger partial charge in [-0.15, -0.1) is 0 Å². The van der Waals surface area contributed by atoms with Gasteiger partial charge in [-0.2, -0.15) is 0 Å². The van der Waals surface area contributed by atoms with Crippen LogP contribution in [0.5, 0.6) is 0 Å². The zero-order valence-corrected chi connectivity index (χ0v) is 18.8. The minimum Gasteiger partial charge on any atom is -0.478 e. The number of aromatic carboxylic acids is 1. The zero-order chi connectivity index (χ0) is 23.4. The third kappa shape index (κ3) is 5.06. The van der Waals surface area contributed by atoms with E-state index in [9.17, 15) is 14.7 Å². The van der Waals surface area contributed by atoms with Gasteiger partial charge in [-0.25, -0.2) is 4.79 Å². The highest BCUT2D eigenvalue weighted by atomic mass is 16.4. The number of rotatable bonds is 6. The van der Waals surface area contributed by atoms with Gasteiger partial charge in [0.25, 0.3) is 5.91 Å². The molecule has 1 heterocycles. The van der Waals surface area contributed by atoms with Crippen molar-refractivity contribution in [2.24, 2.45) is 0 Å². The lowest BCUT2D eigenvalue weighted by atomic mass is 9.98. The summed E-state index contributed by atoms with van der Waals surface area (Å²) < 4.78 is 0. The SMILES string of the molecule is C=C1C(C(C)Nc2ccc(C)cc2C(=O)O)=CC(C)=CN1C(=O)/C=C(\C)c1ccccc1. The molecule has 1 unspecified atom stereocenters. The fourth-order valence-electron chi connectivity index (χ4n) is 3.67. The molecule has 0 aliphatic carbocycles. The van der Waals surface area contributed by atoms with Gasteiger partial charge in [0.1, 0.15) is 0 Å². The fraction of sp³-hybridized carbons (Fsp3) is 0.185. The van der Waals surface area contributed by atoms with Crippen molar-refractivity contribution in [3.05, 3.63) is 107 Å². The van der Waals surface area contributed by atoms with E-state index in [2.05, 4.69) is 11.9 Å². The summed E-state index contributed by atoms with van der Waals surface area (Å²) in [5.74, 6) is -1.18. The molecule has 0 spiro atoms. The van der Waals surface area contributed by atoms with Crippen molar-refractivity contribution in [1.29, 1.82) is 0 Å². The molecule has 0 saturated heterocycles. The average Bonchev–Trinajstić information content (AvgIpc) is 2.76. The van der Waals surface area contributed by atoms with Crippen LogP contribution >= 0.6 is 0 Å². The molecular formula is C27H28N2O3. The summed E-state index contributed by atoms with van der Waals surface area (Å²) >= 11 is 0. The quantitative estimate of drug-likeness (QED) is 0.572.